The van der Waals surface area contributed by atoms with E-state index in [1.54, 1.807) is 43.6 Å². The smallest absolute Gasteiger partial charge is 0.265 e. The number of carbonyl (C=O) groups is 2. The Bertz CT molecular complexity index is 1110. The minimum Gasteiger partial charge on any atom is -0.370 e. The van der Waals surface area contributed by atoms with Gasteiger partial charge >= 0.3 is 0 Å². The molecule has 1 N–H and O–H groups in total. The van der Waals surface area contributed by atoms with Gasteiger partial charge in [-0.2, -0.15) is 0 Å². The van der Waals surface area contributed by atoms with Crippen molar-refractivity contribution in [1.29, 1.82) is 0 Å². The Morgan fingerprint density at radius 3 is 2.47 bits per heavy atom. The summed E-state index contributed by atoms with van der Waals surface area (Å²) < 4.78 is 27.7. The molecule has 1 aromatic carbocycles. The summed E-state index contributed by atoms with van der Waals surface area (Å²) in [4.78, 5) is 33.9. The Hall–Kier alpha value is -3.03. The Balaban J connectivity index is 1.32. The van der Waals surface area contributed by atoms with Crippen molar-refractivity contribution in [2.45, 2.75) is 51.4 Å². The van der Waals surface area contributed by atoms with E-state index >= 15 is 0 Å². The fourth-order valence-corrected chi connectivity index (χ4v) is 5.17. The Labute approximate surface area is 198 Å². The van der Waals surface area contributed by atoms with E-state index in [0.29, 0.717) is 34.3 Å². The molecule has 3 aliphatic rings. The molecule has 1 saturated carbocycles. The minimum absolute atomic E-state index is 0.196. The molecule has 0 unspecified atom stereocenters. The fourth-order valence-electron chi connectivity index (χ4n) is 5.17. The number of anilines is 2. The van der Waals surface area contributed by atoms with Gasteiger partial charge in [0.15, 0.2) is 0 Å². The molecule has 2 aromatic rings. The van der Waals surface area contributed by atoms with Crippen LogP contribution in [0.3, 0.4) is 0 Å². The zero-order valence-corrected chi connectivity index (χ0v) is 19.4. The van der Waals surface area contributed by atoms with Crippen LogP contribution in [0.4, 0.5) is 20.2 Å². The summed E-state index contributed by atoms with van der Waals surface area (Å²) in [6, 6.07) is 6.76. The first kappa shape index (κ1) is 22.7. The van der Waals surface area contributed by atoms with Gasteiger partial charge in [-0.05, 0) is 68.2 Å². The molecule has 5 rings (SSSR count). The molecular formula is C26H30F2N4O2. The van der Waals surface area contributed by atoms with Crippen LogP contribution >= 0.6 is 0 Å². The molecule has 3 fully saturated rings. The number of aromatic nitrogens is 1. The lowest BCUT2D eigenvalue weighted by molar-refractivity contribution is -0.0560. The van der Waals surface area contributed by atoms with Crippen molar-refractivity contribution in [3.8, 4) is 0 Å². The first-order chi connectivity index (χ1) is 16.3. The number of amides is 2. The minimum atomic E-state index is -2.86. The summed E-state index contributed by atoms with van der Waals surface area (Å²) in [5, 5.41) is 2.90. The second-order valence-electron chi connectivity index (χ2n) is 10.0. The zero-order chi connectivity index (χ0) is 23.9. The number of nitrogens with one attached hydrogen (secondary N) is 1. The lowest BCUT2D eigenvalue weighted by Crippen LogP contribution is -2.45. The van der Waals surface area contributed by atoms with E-state index in [1.165, 1.54) is 17.7 Å². The number of halogens is 2. The van der Waals surface area contributed by atoms with Crippen molar-refractivity contribution < 1.29 is 18.4 Å². The summed E-state index contributed by atoms with van der Waals surface area (Å²) >= 11 is 0. The highest BCUT2D eigenvalue weighted by Gasteiger charge is 2.44. The summed E-state index contributed by atoms with van der Waals surface area (Å²) in [5.41, 5.74) is 3.35. The van der Waals surface area contributed by atoms with Crippen molar-refractivity contribution in [2.75, 3.05) is 36.4 Å². The molecule has 1 spiro atoms. The number of alkyl halides is 2. The summed E-state index contributed by atoms with van der Waals surface area (Å²) in [7, 11) is 0. The van der Waals surface area contributed by atoms with E-state index in [4.69, 9.17) is 0 Å². The standard InChI is InChI=1S/C26H30F2N4O2/c1-18-3-4-19(15-21(18)24(34)32-12-2-6-26(27,28)17-32)30-23(33)20-5-11-29-16-22(20)31-13-9-25(7-8-25)10-14-31/h3-5,11,15-16H,2,6-10,12-14,17H2,1H3,(H,30,33). The number of nitrogens with zero attached hydrogens (tertiary/aromatic N) is 3. The largest absolute Gasteiger partial charge is 0.370 e. The summed E-state index contributed by atoms with van der Waals surface area (Å²) in [5.74, 6) is -3.57. The van der Waals surface area contributed by atoms with Gasteiger partial charge in [-0.3, -0.25) is 14.6 Å². The highest BCUT2D eigenvalue weighted by atomic mass is 19.3. The van der Waals surface area contributed by atoms with E-state index in [-0.39, 0.29) is 18.7 Å². The molecule has 1 aromatic heterocycles. The molecule has 0 bridgehead atoms. The van der Waals surface area contributed by atoms with E-state index < -0.39 is 18.4 Å². The number of carbonyl (C=O) groups excluding carboxylic acids is 2. The maximum Gasteiger partial charge on any atom is 0.265 e. The van der Waals surface area contributed by atoms with Crippen molar-refractivity contribution in [3.63, 3.8) is 0 Å². The van der Waals surface area contributed by atoms with Crippen molar-refractivity contribution >= 4 is 23.2 Å². The Morgan fingerprint density at radius 1 is 1.00 bits per heavy atom. The lowest BCUT2D eigenvalue weighted by Gasteiger charge is -2.34. The molecule has 6 nitrogen and oxygen atoms in total. The predicted molar refractivity (Wildman–Crippen MR) is 127 cm³/mol. The molecule has 0 atom stereocenters. The second-order valence-corrected chi connectivity index (χ2v) is 10.0. The van der Waals surface area contributed by atoms with Gasteiger partial charge in [0.05, 0.1) is 24.0 Å². The lowest BCUT2D eigenvalue weighted by atomic mass is 9.93. The molecule has 1 aliphatic carbocycles. The van der Waals surface area contributed by atoms with Crippen LogP contribution in [0.5, 0.6) is 0 Å². The number of aryl methyl sites for hydroxylation is 1. The molecular weight excluding hydrogens is 438 g/mol. The van der Waals surface area contributed by atoms with Crippen LogP contribution < -0.4 is 10.2 Å². The average molecular weight is 469 g/mol. The molecule has 3 heterocycles. The normalized spacial score (nSPS) is 20.8. The SMILES string of the molecule is Cc1ccc(NC(=O)c2ccncc2N2CCC3(CC2)CC3)cc1C(=O)N1CCCC(F)(F)C1. The van der Waals surface area contributed by atoms with Crippen LogP contribution in [0.25, 0.3) is 0 Å². The third kappa shape index (κ3) is 4.63. The molecule has 34 heavy (non-hydrogen) atoms. The fraction of sp³-hybridized carbons (Fsp3) is 0.500. The summed E-state index contributed by atoms with van der Waals surface area (Å²) in [6.07, 6.45) is 8.32. The molecule has 0 radical (unpaired) electrons. The van der Waals surface area contributed by atoms with E-state index in [1.807, 2.05) is 0 Å². The highest BCUT2D eigenvalue weighted by Crippen LogP contribution is 2.54. The monoisotopic (exact) mass is 468 g/mol. The average Bonchev–Trinajstić information content (AvgIpc) is 3.58. The van der Waals surface area contributed by atoms with Gasteiger partial charge in [0, 0.05) is 43.5 Å². The number of piperidine rings is 2. The van der Waals surface area contributed by atoms with E-state index in [9.17, 15) is 18.4 Å². The van der Waals surface area contributed by atoms with Crippen LogP contribution in [0, 0.1) is 12.3 Å². The van der Waals surface area contributed by atoms with Gasteiger partial charge in [0.25, 0.3) is 17.7 Å². The first-order valence-corrected chi connectivity index (χ1v) is 12.0. The Morgan fingerprint density at radius 2 is 1.76 bits per heavy atom. The Kier molecular flexibility index (Phi) is 5.78. The van der Waals surface area contributed by atoms with Crippen molar-refractivity contribution in [3.05, 3.63) is 53.3 Å². The van der Waals surface area contributed by atoms with Gasteiger partial charge in [-0.15, -0.1) is 0 Å². The van der Waals surface area contributed by atoms with Gasteiger partial charge in [0.1, 0.15) is 0 Å². The predicted octanol–water partition coefficient (Wildman–Crippen LogP) is 4.89. The van der Waals surface area contributed by atoms with Crippen LogP contribution in [0.15, 0.2) is 36.7 Å². The van der Waals surface area contributed by atoms with Gasteiger partial charge in [0.2, 0.25) is 0 Å². The van der Waals surface area contributed by atoms with Crippen LogP contribution in [0.1, 0.15) is 64.8 Å². The topological polar surface area (TPSA) is 65.5 Å². The molecule has 2 saturated heterocycles. The molecule has 2 amide bonds. The van der Waals surface area contributed by atoms with Crippen LogP contribution in [-0.4, -0.2) is 53.8 Å². The number of likely N-dealkylation sites (tertiary alicyclic amines) is 1. The summed E-state index contributed by atoms with van der Waals surface area (Å²) in [6.45, 7) is 3.33. The maximum atomic E-state index is 13.8. The van der Waals surface area contributed by atoms with Crippen molar-refractivity contribution in [1.82, 2.24) is 9.88 Å². The first-order valence-electron chi connectivity index (χ1n) is 12.0. The van der Waals surface area contributed by atoms with Crippen LogP contribution in [-0.2, 0) is 0 Å². The van der Waals surface area contributed by atoms with Gasteiger partial charge in [-0.1, -0.05) is 6.07 Å². The number of hydrogen-bond donors (Lipinski definition) is 1. The highest BCUT2D eigenvalue weighted by molar-refractivity contribution is 6.08. The van der Waals surface area contributed by atoms with Gasteiger partial charge in [-0.25, -0.2) is 8.78 Å². The van der Waals surface area contributed by atoms with Crippen LogP contribution in [0.2, 0.25) is 0 Å². The molecule has 2 aliphatic heterocycles. The molecule has 8 heteroatoms. The third-order valence-electron chi connectivity index (χ3n) is 7.57. The molecule has 180 valence electrons. The number of benzene rings is 1. The number of pyridine rings is 1. The quantitative estimate of drug-likeness (QED) is 0.694. The van der Waals surface area contributed by atoms with E-state index in [2.05, 4.69) is 15.2 Å². The van der Waals surface area contributed by atoms with Crippen molar-refractivity contribution in [2.24, 2.45) is 5.41 Å². The van der Waals surface area contributed by atoms with E-state index in [0.717, 1.165) is 31.6 Å². The van der Waals surface area contributed by atoms with Gasteiger partial charge < -0.3 is 15.1 Å². The second kappa shape index (κ2) is 8.64. The number of rotatable bonds is 4. The number of hydrogen-bond acceptors (Lipinski definition) is 4. The maximum absolute atomic E-state index is 13.8. The zero-order valence-electron chi connectivity index (χ0n) is 19.4. The third-order valence-corrected chi connectivity index (χ3v) is 7.57.